The summed E-state index contributed by atoms with van der Waals surface area (Å²) in [4.78, 5) is 38.4. The van der Waals surface area contributed by atoms with Crippen LogP contribution in [0.1, 0.15) is 400 Å². The molecule has 78 heavy (non-hydrogen) atoms. The summed E-state index contributed by atoms with van der Waals surface area (Å²) in [5.41, 5.74) is 0. The minimum atomic E-state index is -0.774. The van der Waals surface area contributed by atoms with Gasteiger partial charge in [-0.15, -0.1) is 0 Å². The highest BCUT2D eigenvalue weighted by Gasteiger charge is 2.19. The van der Waals surface area contributed by atoms with Crippen molar-refractivity contribution >= 4 is 17.9 Å². The molecule has 0 bridgehead atoms. The maximum Gasteiger partial charge on any atom is 0.306 e. The molecule has 1 unspecified atom stereocenters. The van der Waals surface area contributed by atoms with E-state index in [2.05, 4.69) is 45.1 Å². The molecular weight excluding hydrogens is 961 g/mol. The Kier molecular flexibility index (Phi) is 65.6. The summed E-state index contributed by atoms with van der Waals surface area (Å²) in [6, 6.07) is 0. The van der Waals surface area contributed by atoms with E-state index in [0.717, 1.165) is 77.0 Å². The van der Waals surface area contributed by atoms with Crippen LogP contribution in [0.3, 0.4) is 0 Å². The van der Waals surface area contributed by atoms with Crippen LogP contribution in [-0.2, 0) is 28.6 Å². The van der Waals surface area contributed by atoms with Gasteiger partial charge in [0.1, 0.15) is 13.2 Å². The fourth-order valence-electron chi connectivity index (χ4n) is 10.9. The Hall–Kier alpha value is -2.11. The number of ether oxygens (including phenoxy) is 3. The number of unbranched alkanes of at least 4 members (excludes halogenated alkanes) is 51. The Morgan fingerprint density at radius 1 is 0.256 bits per heavy atom. The molecule has 0 aromatic rings. The first-order chi connectivity index (χ1) is 38.5. The van der Waals surface area contributed by atoms with Crippen LogP contribution < -0.4 is 0 Å². The summed E-state index contributed by atoms with van der Waals surface area (Å²) < 4.78 is 17.0. The summed E-state index contributed by atoms with van der Waals surface area (Å²) in [6.07, 6.45) is 82.1. The average molecular weight is 1100 g/mol. The van der Waals surface area contributed by atoms with Crippen LogP contribution >= 0.6 is 0 Å². The Morgan fingerprint density at radius 2 is 0.474 bits per heavy atom. The quantitative estimate of drug-likeness (QED) is 0.0261. The molecule has 0 N–H and O–H groups in total. The predicted molar refractivity (Wildman–Crippen MR) is 340 cm³/mol. The van der Waals surface area contributed by atoms with E-state index in [4.69, 9.17) is 14.2 Å². The number of carbonyl (C=O) groups is 3. The summed E-state index contributed by atoms with van der Waals surface area (Å²) in [7, 11) is 0. The van der Waals surface area contributed by atoms with E-state index in [1.165, 1.54) is 283 Å². The summed E-state index contributed by atoms with van der Waals surface area (Å²) in [5, 5.41) is 0. The van der Waals surface area contributed by atoms with Gasteiger partial charge in [0.25, 0.3) is 0 Å². The molecule has 0 spiro atoms. The lowest BCUT2D eigenvalue weighted by Crippen LogP contribution is -2.30. The van der Waals surface area contributed by atoms with Gasteiger partial charge in [-0.1, -0.05) is 360 Å². The van der Waals surface area contributed by atoms with Crippen LogP contribution in [0.15, 0.2) is 24.3 Å². The highest BCUT2D eigenvalue weighted by molar-refractivity contribution is 5.71. The van der Waals surface area contributed by atoms with Crippen LogP contribution in [0.25, 0.3) is 0 Å². The first kappa shape index (κ1) is 75.9. The van der Waals surface area contributed by atoms with Crippen LogP contribution in [-0.4, -0.2) is 37.2 Å². The minimum Gasteiger partial charge on any atom is -0.462 e. The molecule has 1 atom stereocenters. The molecule has 0 heterocycles. The molecule has 0 fully saturated rings. The second-order valence-corrected chi connectivity index (χ2v) is 24.2. The van der Waals surface area contributed by atoms with Gasteiger partial charge < -0.3 is 14.2 Å². The third kappa shape index (κ3) is 64.7. The number of rotatable bonds is 66. The maximum absolute atomic E-state index is 12.9. The van der Waals surface area contributed by atoms with Crippen LogP contribution in [0, 0.1) is 0 Å². The molecule has 0 aromatic carbocycles. The van der Waals surface area contributed by atoms with E-state index in [1.54, 1.807) is 0 Å². The van der Waals surface area contributed by atoms with Gasteiger partial charge in [0.15, 0.2) is 6.10 Å². The first-order valence-corrected chi connectivity index (χ1v) is 35.3. The second-order valence-electron chi connectivity index (χ2n) is 24.2. The molecule has 0 radical (unpaired) electrons. The zero-order valence-electron chi connectivity index (χ0n) is 53.0. The highest BCUT2D eigenvalue weighted by Crippen LogP contribution is 2.19. The largest absolute Gasteiger partial charge is 0.462 e. The van der Waals surface area contributed by atoms with Crippen molar-refractivity contribution in [2.45, 2.75) is 406 Å². The van der Waals surface area contributed by atoms with Crippen molar-refractivity contribution in [3.05, 3.63) is 24.3 Å². The molecule has 0 amide bonds. The topological polar surface area (TPSA) is 78.9 Å². The van der Waals surface area contributed by atoms with Gasteiger partial charge >= 0.3 is 17.9 Å². The third-order valence-electron chi connectivity index (χ3n) is 16.2. The summed E-state index contributed by atoms with van der Waals surface area (Å²) in [6.45, 7) is 6.67. The molecule has 0 saturated carbocycles. The molecule has 0 saturated heterocycles. The Balaban J connectivity index is 4.22. The zero-order chi connectivity index (χ0) is 56.4. The molecule has 0 aliphatic heterocycles. The first-order valence-electron chi connectivity index (χ1n) is 35.3. The number of hydrogen-bond donors (Lipinski definition) is 0. The van der Waals surface area contributed by atoms with Gasteiger partial charge in [-0.2, -0.15) is 0 Å². The van der Waals surface area contributed by atoms with E-state index in [-0.39, 0.29) is 31.1 Å². The van der Waals surface area contributed by atoms with Crippen molar-refractivity contribution < 1.29 is 28.6 Å². The van der Waals surface area contributed by atoms with Crippen molar-refractivity contribution in [2.75, 3.05) is 13.2 Å². The van der Waals surface area contributed by atoms with Crippen molar-refractivity contribution in [1.29, 1.82) is 0 Å². The second kappa shape index (κ2) is 67.4. The molecule has 460 valence electrons. The smallest absolute Gasteiger partial charge is 0.306 e. The fraction of sp³-hybridized carbons (Fsp3) is 0.903. The molecule has 0 aliphatic carbocycles. The Labute approximate surface area is 487 Å². The lowest BCUT2D eigenvalue weighted by Gasteiger charge is -2.18. The maximum atomic E-state index is 12.9. The van der Waals surface area contributed by atoms with Crippen molar-refractivity contribution in [3.63, 3.8) is 0 Å². The van der Waals surface area contributed by atoms with Gasteiger partial charge in [-0.25, -0.2) is 0 Å². The van der Waals surface area contributed by atoms with E-state index in [9.17, 15) is 14.4 Å². The van der Waals surface area contributed by atoms with Gasteiger partial charge in [0, 0.05) is 19.3 Å². The number of esters is 3. The lowest BCUT2D eigenvalue weighted by atomic mass is 10.0. The lowest BCUT2D eigenvalue weighted by molar-refractivity contribution is -0.167. The van der Waals surface area contributed by atoms with Crippen molar-refractivity contribution in [3.8, 4) is 0 Å². The summed E-state index contributed by atoms with van der Waals surface area (Å²) in [5.74, 6) is -0.851. The van der Waals surface area contributed by atoms with Crippen molar-refractivity contribution in [1.82, 2.24) is 0 Å². The Morgan fingerprint density at radius 3 is 0.744 bits per heavy atom. The Bertz CT molecular complexity index is 1260. The van der Waals surface area contributed by atoms with E-state index in [1.807, 2.05) is 0 Å². The third-order valence-corrected chi connectivity index (χ3v) is 16.2. The van der Waals surface area contributed by atoms with E-state index >= 15 is 0 Å². The highest BCUT2D eigenvalue weighted by atomic mass is 16.6. The van der Waals surface area contributed by atoms with Crippen LogP contribution in [0.2, 0.25) is 0 Å². The van der Waals surface area contributed by atoms with Gasteiger partial charge in [-0.05, 0) is 44.9 Å². The summed E-state index contributed by atoms with van der Waals surface area (Å²) >= 11 is 0. The van der Waals surface area contributed by atoms with Gasteiger partial charge in [0.05, 0.1) is 0 Å². The molecular formula is C72H136O6. The van der Waals surface area contributed by atoms with E-state index < -0.39 is 6.10 Å². The fourth-order valence-corrected chi connectivity index (χ4v) is 10.9. The zero-order valence-corrected chi connectivity index (χ0v) is 53.0. The van der Waals surface area contributed by atoms with E-state index in [0.29, 0.717) is 19.3 Å². The standard InChI is InChI=1S/C72H136O6/c1-4-7-10-13-16-19-22-25-28-30-32-34-35-36-37-38-39-41-42-44-47-50-53-56-59-62-65-71(74)77-68-69(67-76-70(73)64-61-58-55-52-49-46-27-24-21-18-15-12-9-6-3)78-72(75)66-63-60-57-54-51-48-45-43-40-33-31-29-26-23-20-17-14-11-8-5-2/h15,18,24,27,69H,4-14,16-17,19-23,25-26,28-68H2,1-3H3/b18-15-,27-24-. The number of allylic oxidation sites excluding steroid dienone is 4. The average Bonchev–Trinajstić information content (AvgIpc) is 3.44. The minimum absolute atomic E-state index is 0.0693. The molecule has 0 rings (SSSR count). The van der Waals surface area contributed by atoms with Crippen LogP contribution in [0.5, 0.6) is 0 Å². The normalized spacial score (nSPS) is 12.1. The monoisotopic (exact) mass is 1100 g/mol. The molecule has 0 aliphatic rings. The number of carbonyl (C=O) groups excluding carboxylic acids is 3. The predicted octanol–water partition coefficient (Wildman–Crippen LogP) is 24.2. The molecule has 6 nitrogen and oxygen atoms in total. The van der Waals surface area contributed by atoms with Gasteiger partial charge in [0.2, 0.25) is 0 Å². The van der Waals surface area contributed by atoms with Gasteiger partial charge in [-0.3, -0.25) is 14.4 Å². The van der Waals surface area contributed by atoms with Crippen LogP contribution in [0.4, 0.5) is 0 Å². The molecule has 6 heteroatoms. The number of hydrogen-bond acceptors (Lipinski definition) is 6. The SMILES string of the molecule is CCCC/C=C\C/C=C\CCCCCCCC(=O)OCC(COC(=O)CCCCCCCCCCCCCCCCCCCCCCCCCCCC)OC(=O)CCCCCCCCCCCCCCCCCCCCCC. The van der Waals surface area contributed by atoms with Crippen molar-refractivity contribution in [2.24, 2.45) is 0 Å². The molecule has 0 aromatic heterocycles.